The highest BCUT2D eigenvalue weighted by atomic mass is 32.2. The van der Waals surface area contributed by atoms with Crippen LogP contribution in [0.3, 0.4) is 0 Å². The smallest absolute Gasteiger partial charge is 0.251 e. The molecule has 2 N–H and O–H groups in total. The number of thioether (sulfide) groups is 1. The van der Waals surface area contributed by atoms with Crippen LogP contribution >= 0.6 is 11.8 Å². The second-order valence-electron chi connectivity index (χ2n) is 7.08. The molecule has 2 heterocycles. The van der Waals surface area contributed by atoms with Crippen molar-refractivity contribution in [2.75, 3.05) is 43.6 Å². The zero-order chi connectivity index (χ0) is 23.0. The maximum absolute atomic E-state index is 12.9. The SMILES string of the molecule is CSCCC(NC(=O)c1cccc(S(=O)(=O)N2CCOCC2)c1)C(=O)Nc1cccnc1. The van der Waals surface area contributed by atoms with Crippen molar-refractivity contribution < 1.29 is 22.7 Å². The Bertz CT molecular complexity index is 1030. The van der Waals surface area contributed by atoms with Gasteiger partial charge in [0.1, 0.15) is 6.04 Å². The third-order valence-electron chi connectivity index (χ3n) is 4.87. The molecule has 11 heteroatoms. The average molecular weight is 479 g/mol. The monoisotopic (exact) mass is 478 g/mol. The molecule has 1 fully saturated rings. The molecule has 0 spiro atoms. The van der Waals surface area contributed by atoms with Crippen LogP contribution in [0, 0.1) is 0 Å². The van der Waals surface area contributed by atoms with E-state index in [2.05, 4.69) is 15.6 Å². The summed E-state index contributed by atoms with van der Waals surface area (Å²) in [5.74, 6) is -0.217. The summed E-state index contributed by atoms with van der Waals surface area (Å²) >= 11 is 1.56. The first-order valence-electron chi connectivity index (χ1n) is 10.1. The molecule has 1 aliphatic heterocycles. The highest BCUT2D eigenvalue weighted by Gasteiger charge is 2.27. The molecule has 0 bridgehead atoms. The first-order valence-corrected chi connectivity index (χ1v) is 12.9. The summed E-state index contributed by atoms with van der Waals surface area (Å²) in [5, 5.41) is 5.48. The Balaban J connectivity index is 1.74. The summed E-state index contributed by atoms with van der Waals surface area (Å²) in [5.41, 5.74) is 0.696. The number of amides is 2. The molecule has 2 aromatic rings. The van der Waals surface area contributed by atoms with Crippen LogP contribution in [0.1, 0.15) is 16.8 Å². The van der Waals surface area contributed by atoms with Gasteiger partial charge in [0.05, 0.1) is 30.0 Å². The molecule has 0 aliphatic carbocycles. The molecule has 1 saturated heterocycles. The lowest BCUT2D eigenvalue weighted by Crippen LogP contribution is -2.44. The quantitative estimate of drug-likeness (QED) is 0.562. The van der Waals surface area contributed by atoms with E-state index in [-0.39, 0.29) is 29.5 Å². The molecule has 2 amide bonds. The van der Waals surface area contributed by atoms with E-state index in [1.54, 1.807) is 30.1 Å². The second-order valence-corrected chi connectivity index (χ2v) is 10.0. The number of ether oxygens (including phenoxy) is 1. The topological polar surface area (TPSA) is 118 Å². The fourth-order valence-corrected chi connectivity index (χ4v) is 5.07. The summed E-state index contributed by atoms with van der Waals surface area (Å²) < 4.78 is 32.4. The van der Waals surface area contributed by atoms with E-state index < -0.39 is 22.0 Å². The number of anilines is 1. The van der Waals surface area contributed by atoms with Crippen LogP contribution < -0.4 is 10.6 Å². The molecule has 1 aromatic heterocycles. The van der Waals surface area contributed by atoms with Gasteiger partial charge in [-0.1, -0.05) is 6.07 Å². The lowest BCUT2D eigenvalue weighted by atomic mass is 10.1. The van der Waals surface area contributed by atoms with Gasteiger partial charge < -0.3 is 15.4 Å². The van der Waals surface area contributed by atoms with Crippen LogP contribution in [-0.2, 0) is 19.6 Å². The van der Waals surface area contributed by atoms with Gasteiger partial charge in [0.15, 0.2) is 0 Å². The summed E-state index contributed by atoms with van der Waals surface area (Å²) in [6.45, 7) is 1.21. The molecule has 1 atom stereocenters. The minimum atomic E-state index is -3.73. The van der Waals surface area contributed by atoms with Crippen molar-refractivity contribution >= 4 is 39.3 Å². The fourth-order valence-electron chi connectivity index (χ4n) is 3.15. The van der Waals surface area contributed by atoms with Crippen LogP contribution in [0.25, 0.3) is 0 Å². The molecule has 1 aromatic carbocycles. The van der Waals surface area contributed by atoms with Crippen LogP contribution in [0.2, 0.25) is 0 Å². The number of sulfonamides is 1. The number of morpholine rings is 1. The number of benzene rings is 1. The van der Waals surface area contributed by atoms with Gasteiger partial charge in [-0.05, 0) is 48.8 Å². The van der Waals surface area contributed by atoms with Crippen molar-refractivity contribution in [3.63, 3.8) is 0 Å². The van der Waals surface area contributed by atoms with E-state index in [4.69, 9.17) is 4.74 Å². The van der Waals surface area contributed by atoms with Gasteiger partial charge in [0.2, 0.25) is 15.9 Å². The average Bonchev–Trinajstić information content (AvgIpc) is 2.82. The minimum Gasteiger partial charge on any atom is -0.379 e. The number of hydrogen-bond donors (Lipinski definition) is 2. The molecule has 0 saturated carbocycles. The number of hydrogen-bond acceptors (Lipinski definition) is 7. The summed E-state index contributed by atoms with van der Waals surface area (Å²) in [6.07, 6.45) is 5.45. The molecule has 9 nitrogen and oxygen atoms in total. The maximum atomic E-state index is 12.9. The van der Waals surface area contributed by atoms with E-state index >= 15 is 0 Å². The van der Waals surface area contributed by atoms with Crippen molar-refractivity contribution in [2.24, 2.45) is 0 Å². The molecule has 32 heavy (non-hydrogen) atoms. The number of carbonyl (C=O) groups is 2. The zero-order valence-electron chi connectivity index (χ0n) is 17.7. The van der Waals surface area contributed by atoms with E-state index in [0.29, 0.717) is 31.1 Å². The largest absolute Gasteiger partial charge is 0.379 e. The third kappa shape index (κ3) is 6.28. The van der Waals surface area contributed by atoms with E-state index in [1.165, 1.54) is 34.8 Å². The van der Waals surface area contributed by atoms with Gasteiger partial charge >= 0.3 is 0 Å². The Kier molecular flexibility index (Phi) is 8.62. The van der Waals surface area contributed by atoms with Gasteiger partial charge in [0.25, 0.3) is 5.91 Å². The molecule has 1 unspecified atom stereocenters. The molecule has 172 valence electrons. The van der Waals surface area contributed by atoms with Crippen LogP contribution in [0.5, 0.6) is 0 Å². The Morgan fingerprint density at radius 2 is 2.00 bits per heavy atom. The van der Waals surface area contributed by atoms with Crippen molar-refractivity contribution in [1.29, 1.82) is 0 Å². The Hall–Kier alpha value is -2.47. The summed E-state index contributed by atoms with van der Waals surface area (Å²) in [6, 6.07) is 8.47. The summed E-state index contributed by atoms with van der Waals surface area (Å²) in [7, 11) is -3.73. The number of aromatic nitrogens is 1. The normalized spacial score (nSPS) is 15.7. The van der Waals surface area contributed by atoms with Gasteiger partial charge in [-0.15, -0.1) is 0 Å². The van der Waals surface area contributed by atoms with Crippen molar-refractivity contribution in [3.8, 4) is 0 Å². The minimum absolute atomic E-state index is 0.0347. The highest BCUT2D eigenvalue weighted by molar-refractivity contribution is 7.98. The number of pyridine rings is 1. The van der Waals surface area contributed by atoms with E-state index in [0.717, 1.165) is 0 Å². The fraction of sp³-hybridized carbons (Fsp3) is 0.381. The number of nitrogens with zero attached hydrogens (tertiary/aromatic N) is 2. The molecule has 0 radical (unpaired) electrons. The lowest BCUT2D eigenvalue weighted by Gasteiger charge is -2.26. The number of carbonyl (C=O) groups excluding carboxylic acids is 2. The molecular weight excluding hydrogens is 452 g/mol. The third-order valence-corrected chi connectivity index (χ3v) is 7.40. The number of rotatable bonds is 9. The first-order chi connectivity index (χ1) is 15.4. The van der Waals surface area contributed by atoms with Crippen molar-refractivity contribution in [2.45, 2.75) is 17.4 Å². The second kappa shape index (κ2) is 11.4. The van der Waals surface area contributed by atoms with Crippen LogP contribution in [0.15, 0.2) is 53.7 Å². The first kappa shape index (κ1) is 24.2. The van der Waals surface area contributed by atoms with E-state index in [9.17, 15) is 18.0 Å². The maximum Gasteiger partial charge on any atom is 0.251 e. The number of nitrogens with one attached hydrogen (secondary N) is 2. The predicted octanol–water partition coefficient (Wildman–Crippen LogP) is 1.59. The molecule has 1 aliphatic rings. The summed E-state index contributed by atoms with van der Waals surface area (Å²) in [4.78, 5) is 29.6. The highest BCUT2D eigenvalue weighted by Crippen LogP contribution is 2.19. The van der Waals surface area contributed by atoms with Gasteiger partial charge in [-0.2, -0.15) is 16.1 Å². The Labute approximate surface area is 192 Å². The standard InChI is InChI=1S/C21H26N4O5S2/c1-31-13-7-19(21(27)23-17-5-3-8-22-15-17)24-20(26)16-4-2-6-18(14-16)32(28,29)25-9-11-30-12-10-25/h2-6,8,14-15,19H,7,9-13H2,1H3,(H,23,27)(H,24,26). The zero-order valence-corrected chi connectivity index (χ0v) is 19.3. The van der Waals surface area contributed by atoms with E-state index in [1.807, 2.05) is 6.26 Å². The van der Waals surface area contributed by atoms with Gasteiger partial charge in [-0.3, -0.25) is 14.6 Å². The predicted molar refractivity (Wildman–Crippen MR) is 123 cm³/mol. The van der Waals surface area contributed by atoms with Gasteiger partial charge in [-0.25, -0.2) is 8.42 Å². The van der Waals surface area contributed by atoms with Crippen LogP contribution in [-0.4, -0.2) is 73.9 Å². The van der Waals surface area contributed by atoms with Crippen molar-refractivity contribution in [3.05, 3.63) is 54.4 Å². The van der Waals surface area contributed by atoms with Crippen LogP contribution in [0.4, 0.5) is 5.69 Å². The molecular formula is C21H26N4O5S2. The van der Waals surface area contributed by atoms with Crippen molar-refractivity contribution in [1.82, 2.24) is 14.6 Å². The lowest BCUT2D eigenvalue weighted by molar-refractivity contribution is -0.118. The molecule has 3 rings (SSSR count). The Morgan fingerprint density at radius 1 is 1.22 bits per heavy atom. The van der Waals surface area contributed by atoms with Gasteiger partial charge in [0, 0.05) is 24.8 Å². The Morgan fingerprint density at radius 3 is 2.69 bits per heavy atom.